The van der Waals surface area contributed by atoms with Gasteiger partial charge in [-0.3, -0.25) is 0 Å². The molecule has 0 unspecified atom stereocenters. The van der Waals surface area contributed by atoms with Gasteiger partial charge in [-0.05, 0) is 99.2 Å². The number of nitrogens with zero attached hydrogens (tertiary/aromatic N) is 10. The number of aromatic hydroxyl groups is 5. The Balaban J connectivity index is 0.000000188. The van der Waals surface area contributed by atoms with Crippen LogP contribution in [0.5, 0.6) is 28.7 Å². The van der Waals surface area contributed by atoms with Crippen molar-refractivity contribution in [2.75, 3.05) is 268 Å². The van der Waals surface area contributed by atoms with Gasteiger partial charge in [-0.1, -0.05) is 0 Å². The molecule has 5 aliphatic rings. The number of likely N-dealkylation sites (N-methyl/N-ethyl adjacent to an activating group) is 6. The van der Waals surface area contributed by atoms with E-state index in [1.165, 1.54) is 139 Å². The maximum absolute atomic E-state index is 9.57. The van der Waals surface area contributed by atoms with E-state index in [0.717, 1.165) is 156 Å². The fourth-order valence-corrected chi connectivity index (χ4v) is 14.1. The van der Waals surface area contributed by atoms with E-state index in [1.54, 1.807) is 91.0 Å². The Hall–Kier alpha value is -7.14. The summed E-state index contributed by atoms with van der Waals surface area (Å²) in [6.07, 6.45) is 15.9. The van der Waals surface area contributed by atoms with Crippen molar-refractivity contribution in [2.24, 2.45) is 0 Å². The summed E-state index contributed by atoms with van der Waals surface area (Å²) in [5.41, 5.74) is 38.0. The van der Waals surface area contributed by atoms with Gasteiger partial charge >= 0.3 is 0 Å². The molecule has 5 fully saturated rings. The Morgan fingerprint density at radius 2 is 0.495 bits per heavy atom. The first-order valence-corrected chi connectivity index (χ1v) is 35.2. The summed E-state index contributed by atoms with van der Waals surface area (Å²) in [4.78, 5) is 10.7. The van der Waals surface area contributed by atoms with Crippen molar-refractivity contribution in [1.82, 2.24) is 0 Å². The van der Waals surface area contributed by atoms with Crippen molar-refractivity contribution < 1.29 is 52.7 Å². The maximum Gasteiger partial charge on any atom is 0.117 e. The van der Waals surface area contributed by atoms with Crippen LogP contribution in [0.3, 0.4) is 0 Å². The number of nitrogen functional groups attached to an aromatic ring is 5. The van der Waals surface area contributed by atoms with Crippen LogP contribution < -0.4 is 53.2 Å². The van der Waals surface area contributed by atoms with Crippen LogP contribution in [-0.4, -0.2) is 263 Å². The molecule has 5 saturated heterocycles. The predicted molar refractivity (Wildman–Crippen MR) is 399 cm³/mol. The summed E-state index contributed by atoms with van der Waals surface area (Å²) < 4.78 is 11.2. The highest BCUT2D eigenvalue weighted by molar-refractivity contribution is 5.72. The van der Waals surface area contributed by atoms with Gasteiger partial charge in [0.2, 0.25) is 0 Å². The molecule has 21 heteroatoms. The standard InChI is InChI=1S/C16H27N3O.2C15H25N3O.C14H23N3O2.C14H23N3O/c1-18(16-13-14(20)7-8-15(16)17)9-6-12-19(2)10-4-3-5-11-19;1-17(15-12-13(19)6-7-14(15)16)8-5-11-18(2)9-3-4-10-18;1-17(15-12-13(19)6-7-14(15)16)8-11-18(2)9-4-3-5-10-18;1-16(14-11-12(18)3-4-13(14)15)5-6-17(2)7-9-19-10-8-17;1-16(7-10-17(2)8-3-4-9-17)14-11-12(18)5-6-13(14)15/h7-8,13H,3-6,9-12,17H2,1-2H3;2*6-7,12H,3-5,8-11,16H2,1-2H3;3-4,11H,5-10,15H2,1-2H3;5-6,11H,3-4,7-10,15H2,1-2H3/p+5. The second kappa shape index (κ2) is 36.3. The number of phenolic OH excluding ortho intramolecular Hbond substituents is 5. The summed E-state index contributed by atoms with van der Waals surface area (Å²) in [5, 5.41) is 47.8. The second-order valence-corrected chi connectivity index (χ2v) is 29.6. The lowest BCUT2D eigenvalue weighted by atomic mass is 10.1. The third-order valence-electron chi connectivity index (χ3n) is 21.1. The molecule has 0 bridgehead atoms. The predicted octanol–water partition coefficient (Wildman–Crippen LogP) is 9.05. The highest BCUT2D eigenvalue weighted by Gasteiger charge is 2.30. The molecule has 10 rings (SSSR count). The molecule has 5 aliphatic heterocycles. The van der Waals surface area contributed by atoms with E-state index in [9.17, 15) is 25.5 Å². The molecule has 0 spiro atoms. The van der Waals surface area contributed by atoms with E-state index < -0.39 is 0 Å². The number of phenols is 5. The minimum Gasteiger partial charge on any atom is -0.508 e. The highest BCUT2D eigenvalue weighted by atomic mass is 16.5. The summed E-state index contributed by atoms with van der Waals surface area (Å²) in [7, 11) is 21.8. The van der Waals surface area contributed by atoms with Gasteiger partial charge < -0.3 is 106 Å². The van der Waals surface area contributed by atoms with Gasteiger partial charge in [0.15, 0.2) is 0 Å². The monoisotopic (exact) mass is 1320 g/mol. The van der Waals surface area contributed by atoms with Crippen LogP contribution in [0.2, 0.25) is 0 Å². The topological polar surface area (TPSA) is 257 Å². The number of hydrogen-bond acceptors (Lipinski definition) is 16. The molecule has 530 valence electrons. The molecule has 0 amide bonds. The van der Waals surface area contributed by atoms with Crippen LogP contribution in [0.15, 0.2) is 91.0 Å². The number of morpholine rings is 1. The molecular weight excluding hydrogens is 1190 g/mol. The number of piperidine rings is 2. The lowest BCUT2D eigenvalue weighted by molar-refractivity contribution is -0.915. The number of likely N-dealkylation sites (tertiary alicyclic amines) is 4. The second-order valence-electron chi connectivity index (χ2n) is 29.6. The Labute approximate surface area is 571 Å². The number of anilines is 10. The zero-order chi connectivity index (χ0) is 69.4. The third-order valence-corrected chi connectivity index (χ3v) is 21.1. The van der Waals surface area contributed by atoms with E-state index >= 15 is 0 Å². The van der Waals surface area contributed by atoms with Gasteiger partial charge in [0.1, 0.15) is 41.8 Å². The number of ether oxygens (including phenoxy) is 1. The van der Waals surface area contributed by atoms with Crippen LogP contribution in [0.4, 0.5) is 56.9 Å². The van der Waals surface area contributed by atoms with Crippen LogP contribution in [0, 0.1) is 0 Å². The number of nitrogens with two attached hydrogens (primary N) is 5. The average Bonchev–Trinajstić information content (AvgIpc) is 1.44. The lowest BCUT2D eigenvalue weighted by Gasteiger charge is -2.39. The summed E-state index contributed by atoms with van der Waals surface area (Å²) >= 11 is 0. The Morgan fingerprint density at radius 1 is 0.295 bits per heavy atom. The molecule has 0 aromatic heterocycles. The fraction of sp³-hybridized carbons (Fsp3) is 0.595. The Kier molecular flexibility index (Phi) is 29.4. The third kappa shape index (κ3) is 25.1. The largest absolute Gasteiger partial charge is 0.508 e. The Morgan fingerprint density at radius 3 is 0.737 bits per heavy atom. The van der Waals surface area contributed by atoms with Gasteiger partial charge in [-0.25, -0.2) is 0 Å². The van der Waals surface area contributed by atoms with Gasteiger partial charge in [0.05, 0.1) is 210 Å². The van der Waals surface area contributed by atoms with Gasteiger partial charge in [0.25, 0.3) is 0 Å². The molecule has 0 saturated carbocycles. The molecule has 0 atom stereocenters. The van der Waals surface area contributed by atoms with Crippen LogP contribution in [0.1, 0.15) is 77.0 Å². The quantitative estimate of drug-likeness (QED) is 0.0176. The van der Waals surface area contributed by atoms with Gasteiger partial charge in [-0.2, -0.15) is 0 Å². The smallest absolute Gasteiger partial charge is 0.117 e. The minimum atomic E-state index is 0.253. The fourth-order valence-electron chi connectivity index (χ4n) is 14.1. The summed E-state index contributed by atoms with van der Waals surface area (Å²) in [5.74, 6) is 1.34. The van der Waals surface area contributed by atoms with Crippen molar-refractivity contribution in [1.29, 1.82) is 0 Å². The van der Waals surface area contributed by atoms with Crippen LogP contribution in [-0.2, 0) is 4.74 Å². The SMILES string of the molecule is CN(CCC[N+]1(C)CCCC1)c1cc(O)ccc1N.CN(CCC[N+]1(C)CCCCC1)c1cc(O)ccc1N.CN(CC[N+]1(C)CCCC1)c1cc(O)ccc1N.CN(CC[N+]1(C)CCCCC1)c1cc(O)ccc1N.CN(CC[N+]1(C)CCOCC1)c1cc(O)ccc1N. The highest BCUT2D eigenvalue weighted by Crippen LogP contribution is 2.32. The van der Waals surface area contributed by atoms with E-state index in [0.29, 0.717) is 5.69 Å². The molecule has 95 heavy (non-hydrogen) atoms. The molecule has 5 heterocycles. The molecule has 5 aromatic rings. The van der Waals surface area contributed by atoms with E-state index in [2.05, 4.69) is 59.7 Å². The summed E-state index contributed by atoms with van der Waals surface area (Å²) in [6.45, 7) is 24.7. The van der Waals surface area contributed by atoms with Crippen molar-refractivity contribution in [2.45, 2.75) is 77.0 Å². The molecule has 15 N–H and O–H groups in total. The first-order chi connectivity index (χ1) is 45.0. The van der Waals surface area contributed by atoms with Crippen molar-refractivity contribution in [3.63, 3.8) is 0 Å². The van der Waals surface area contributed by atoms with Crippen LogP contribution >= 0.6 is 0 Å². The zero-order valence-corrected chi connectivity index (χ0v) is 60.2. The van der Waals surface area contributed by atoms with Crippen molar-refractivity contribution in [3.05, 3.63) is 91.0 Å². The minimum absolute atomic E-state index is 0.253. The van der Waals surface area contributed by atoms with E-state index in [1.807, 2.05) is 35.2 Å². The average molecular weight is 1320 g/mol. The number of hydrogen-bond donors (Lipinski definition) is 10. The maximum atomic E-state index is 9.57. The number of rotatable bonds is 22. The molecular formula is C74H128N15O6+5. The van der Waals surface area contributed by atoms with E-state index in [-0.39, 0.29) is 28.7 Å². The van der Waals surface area contributed by atoms with Crippen LogP contribution in [0.25, 0.3) is 0 Å². The van der Waals surface area contributed by atoms with E-state index in [4.69, 9.17) is 33.4 Å². The zero-order valence-electron chi connectivity index (χ0n) is 60.2. The number of quaternary nitrogens is 5. The normalized spacial score (nSPS) is 18.0. The van der Waals surface area contributed by atoms with Crippen molar-refractivity contribution in [3.8, 4) is 28.7 Å². The Bertz CT molecular complexity index is 3010. The summed E-state index contributed by atoms with van der Waals surface area (Å²) in [6, 6.07) is 25.6. The number of benzene rings is 5. The lowest BCUT2D eigenvalue weighted by Crippen LogP contribution is -2.54. The van der Waals surface area contributed by atoms with Crippen molar-refractivity contribution >= 4 is 56.9 Å². The first-order valence-electron chi connectivity index (χ1n) is 35.2. The molecule has 0 radical (unpaired) electrons. The molecule has 5 aromatic carbocycles. The molecule has 0 aliphatic carbocycles. The molecule has 21 nitrogen and oxygen atoms in total. The van der Waals surface area contributed by atoms with Gasteiger partial charge in [-0.15, -0.1) is 0 Å². The van der Waals surface area contributed by atoms with Gasteiger partial charge in [0, 0.05) is 117 Å². The first kappa shape index (κ1) is 76.9.